The summed E-state index contributed by atoms with van der Waals surface area (Å²) in [4.78, 5) is 56.1. The number of aromatic amines is 2. The molecule has 2 unspecified atom stereocenters. The van der Waals surface area contributed by atoms with Gasteiger partial charge in [-0.05, 0) is 96.5 Å². The Kier molecular flexibility index (Phi) is 16.8. The molecule has 2 atom stereocenters. The van der Waals surface area contributed by atoms with Crippen molar-refractivity contribution >= 4 is 45.8 Å². The minimum absolute atomic E-state index is 0.0650. The summed E-state index contributed by atoms with van der Waals surface area (Å²) >= 11 is 0. The van der Waals surface area contributed by atoms with Crippen LogP contribution in [0.25, 0.3) is 21.8 Å². The van der Waals surface area contributed by atoms with Gasteiger partial charge in [0.05, 0.1) is 25.3 Å². The highest BCUT2D eigenvalue weighted by Crippen LogP contribution is 2.41. The molecule has 0 bridgehead atoms. The first-order valence-corrected chi connectivity index (χ1v) is 21.6. The fraction of sp³-hybridized carbons (Fsp3) is 0.360. The average Bonchev–Trinajstić information content (AvgIpc) is 3.91. The summed E-state index contributed by atoms with van der Waals surface area (Å²) in [6.45, 7) is 5.40. The molecule has 4 amide bonds. The van der Waals surface area contributed by atoms with Crippen molar-refractivity contribution in [2.45, 2.75) is 64.2 Å². The molecular weight excluding hydrogens is 813 g/mol. The molecule has 0 spiro atoms. The number of carbonyl (C=O) groups is 4. The van der Waals surface area contributed by atoms with Crippen molar-refractivity contribution in [2.24, 2.45) is 0 Å². The number of fused-ring (bicyclic) bond motifs is 2. The minimum Gasteiger partial charge on any atom is -0.496 e. The number of nitrogens with one attached hydrogen (secondary N) is 4. The van der Waals surface area contributed by atoms with E-state index in [1.165, 1.54) is 9.80 Å². The predicted molar refractivity (Wildman–Crippen MR) is 252 cm³/mol. The van der Waals surface area contributed by atoms with Crippen molar-refractivity contribution in [3.8, 4) is 11.5 Å². The van der Waals surface area contributed by atoms with E-state index in [1.807, 2.05) is 24.5 Å². The summed E-state index contributed by atoms with van der Waals surface area (Å²) in [6, 6.07) is 22.6. The van der Waals surface area contributed by atoms with Crippen molar-refractivity contribution in [3.63, 3.8) is 0 Å². The van der Waals surface area contributed by atoms with Crippen LogP contribution in [0.3, 0.4) is 0 Å². The van der Waals surface area contributed by atoms with Gasteiger partial charge in [0, 0.05) is 98.4 Å². The van der Waals surface area contributed by atoms with Gasteiger partial charge in [0.15, 0.2) is 0 Å². The minimum atomic E-state index is -0.972. The Hall–Kier alpha value is -6.96. The Morgan fingerprint density at radius 2 is 0.969 bits per heavy atom. The first-order valence-electron chi connectivity index (χ1n) is 21.6. The van der Waals surface area contributed by atoms with Crippen LogP contribution in [-0.2, 0) is 12.8 Å². The summed E-state index contributed by atoms with van der Waals surface area (Å²) in [5.74, 6) is -0.647. The zero-order valence-corrected chi connectivity index (χ0v) is 38.1. The molecule has 4 aromatic carbocycles. The van der Waals surface area contributed by atoms with Crippen LogP contribution in [0.2, 0.25) is 0 Å². The Bertz CT molecular complexity index is 2380. The maximum Gasteiger partial charge on any atom is 0.335 e. The molecule has 0 saturated carbocycles. The summed E-state index contributed by atoms with van der Waals surface area (Å²) in [7, 11) is 10.0. The van der Waals surface area contributed by atoms with Crippen molar-refractivity contribution in [1.29, 1.82) is 0 Å². The number of carboxylic acid groups (broad SMARTS) is 2. The van der Waals surface area contributed by atoms with Crippen LogP contribution >= 0.6 is 0 Å². The molecule has 2 aromatic heterocycles. The zero-order chi connectivity index (χ0) is 46.5. The number of carboxylic acids is 2. The number of hydrogen-bond acceptors (Lipinski definition) is 6. The molecule has 0 aliphatic heterocycles. The molecule has 6 rings (SSSR count). The topological polar surface area (TPSA) is 189 Å². The molecule has 14 nitrogen and oxygen atoms in total. The molecule has 64 heavy (non-hydrogen) atoms. The number of aromatic carboxylic acids is 2. The molecule has 0 aliphatic rings. The highest BCUT2D eigenvalue weighted by Gasteiger charge is 2.24. The first kappa shape index (κ1) is 48.1. The molecule has 2 heterocycles. The van der Waals surface area contributed by atoms with Crippen LogP contribution in [0, 0.1) is 0 Å². The van der Waals surface area contributed by atoms with Gasteiger partial charge in [-0.25, -0.2) is 19.2 Å². The molecule has 0 aliphatic carbocycles. The van der Waals surface area contributed by atoms with E-state index in [-0.39, 0.29) is 35.0 Å². The Labute approximate surface area is 374 Å². The van der Waals surface area contributed by atoms with E-state index in [1.54, 1.807) is 66.7 Å². The van der Waals surface area contributed by atoms with Gasteiger partial charge in [-0.2, -0.15) is 0 Å². The second-order valence-corrected chi connectivity index (χ2v) is 16.2. The fourth-order valence-corrected chi connectivity index (χ4v) is 8.01. The van der Waals surface area contributed by atoms with Crippen LogP contribution in [0.5, 0.6) is 11.5 Å². The van der Waals surface area contributed by atoms with Crippen molar-refractivity contribution in [2.75, 3.05) is 55.5 Å². The maximum atomic E-state index is 11.8. The van der Waals surface area contributed by atoms with Gasteiger partial charge in [0.1, 0.15) is 11.5 Å². The third-order valence-electron chi connectivity index (χ3n) is 11.4. The average molecular weight is 875 g/mol. The smallest absolute Gasteiger partial charge is 0.335 e. The second kappa shape index (κ2) is 22.4. The van der Waals surface area contributed by atoms with Gasteiger partial charge >= 0.3 is 24.0 Å². The molecule has 14 heteroatoms. The summed E-state index contributed by atoms with van der Waals surface area (Å²) in [5, 5.41) is 26.7. The Morgan fingerprint density at radius 3 is 1.30 bits per heavy atom. The maximum absolute atomic E-state index is 11.8. The Balaban J connectivity index is 0.000000241. The molecule has 6 N–H and O–H groups in total. The first-order chi connectivity index (χ1) is 30.7. The van der Waals surface area contributed by atoms with E-state index >= 15 is 0 Å². The molecular formula is C50H62N6O8. The molecule has 6 aromatic rings. The van der Waals surface area contributed by atoms with Gasteiger partial charge < -0.3 is 50.1 Å². The number of carbonyl (C=O) groups excluding carboxylic acids is 2. The lowest BCUT2D eigenvalue weighted by atomic mass is 9.86. The molecule has 0 fully saturated rings. The summed E-state index contributed by atoms with van der Waals surface area (Å²) in [6.07, 6.45) is 9.28. The van der Waals surface area contributed by atoms with Crippen LogP contribution in [-0.4, -0.2) is 109 Å². The lowest BCUT2D eigenvalue weighted by Crippen LogP contribution is -2.35. The highest BCUT2D eigenvalue weighted by molar-refractivity contribution is 5.90. The van der Waals surface area contributed by atoms with Crippen LogP contribution in [0.15, 0.2) is 85.2 Å². The summed E-state index contributed by atoms with van der Waals surface area (Å²) < 4.78 is 11.1. The monoisotopic (exact) mass is 874 g/mol. The lowest BCUT2D eigenvalue weighted by Gasteiger charge is -2.20. The molecule has 340 valence electrons. The van der Waals surface area contributed by atoms with Gasteiger partial charge in [0.2, 0.25) is 0 Å². The number of hydrogen-bond donors (Lipinski definition) is 6. The third kappa shape index (κ3) is 11.7. The SMILES string of the molecule is CCCC(c1ccc(C(=O)O)cc1OC)c1c[nH]c2ccc(CCNC(=O)N(C)C)cc12.CCCC(c1ccc(C(=O)O)cc1OC)c1c[nH]c2ccc(CCNC(=O)N(C)C)cc12. The number of nitrogens with zero attached hydrogens (tertiary/aromatic N) is 2. The number of H-pyrrole nitrogens is 2. The summed E-state index contributed by atoms with van der Waals surface area (Å²) in [5.41, 5.74) is 9.05. The lowest BCUT2D eigenvalue weighted by molar-refractivity contribution is 0.0685. The van der Waals surface area contributed by atoms with Crippen LogP contribution in [0.4, 0.5) is 9.59 Å². The van der Waals surface area contributed by atoms with E-state index in [2.05, 4.69) is 70.8 Å². The number of benzene rings is 4. The van der Waals surface area contributed by atoms with Gasteiger partial charge in [-0.1, -0.05) is 51.0 Å². The quantitative estimate of drug-likeness (QED) is 0.0493. The number of urea groups is 2. The Morgan fingerprint density at radius 1 is 0.578 bits per heavy atom. The van der Waals surface area contributed by atoms with Gasteiger partial charge in [-0.15, -0.1) is 0 Å². The fourth-order valence-electron chi connectivity index (χ4n) is 8.01. The molecule has 0 radical (unpaired) electrons. The third-order valence-corrected chi connectivity index (χ3v) is 11.4. The number of methoxy groups -OCH3 is 2. The van der Waals surface area contributed by atoms with E-state index in [0.29, 0.717) is 24.6 Å². The predicted octanol–water partition coefficient (Wildman–Crippen LogP) is 9.24. The van der Waals surface area contributed by atoms with E-state index in [4.69, 9.17) is 9.47 Å². The largest absolute Gasteiger partial charge is 0.496 e. The van der Waals surface area contributed by atoms with Crippen molar-refractivity contribution in [3.05, 3.63) is 130 Å². The van der Waals surface area contributed by atoms with Crippen molar-refractivity contribution < 1.29 is 38.9 Å². The van der Waals surface area contributed by atoms with Crippen LogP contribution < -0.4 is 20.1 Å². The molecule has 0 saturated heterocycles. The van der Waals surface area contributed by atoms with Gasteiger partial charge in [-0.3, -0.25) is 0 Å². The van der Waals surface area contributed by atoms with E-state index in [9.17, 15) is 29.4 Å². The van der Waals surface area contributed by atoms with E-state index < -0.39 is 11.9 Å². The standard InChI is InChI=1S/2C25H31N3O4/c2*1-5-6-18(19-9-8-17(24(29)30)14-23(19)32-4)21-15-27-22-10-7-16(13-20(21)22)11-12-26-25(31)28(2)3/h2*7-10,13-15,18,27H,5-6,11-12H2,1-4H3,(H,26,31)(H,29,30). The highest BCUT2D eigenvalue weighted by atomic mass is 16.5. The zero-order valence-electron chi connectivity index (χ0n) is 38.1. The van der Waals surface area contributed by atoms with Gasteiger partial charge in [0.25, 0.3) is 0 Å². The number of ether oxygens (including phenoxy) is 2. The number of aromatic nitrogens is 2. The van der Waals surface area contributed by atoms with Crippen LogP contribution in [0.1, 0.15) is 105 Å². The van der Waals surface area contributed by atoms with E-state index in [0.717, 1.165) is 93.7 Å². The normalized spacial score (nSPS) is 11.9. The number of rotatable bonds is 18. The number of amides is 4. The second-order valence-electron chi connectivity index (χ2n) is 16.2. The van der Waals surface area contributed by atoms with Crippen molar-refractivity contribution in [1.82, 2.24) is 30.4 Å².